The molecule has 0 aliphatic carbocycles. The molecule has 0 aromatic carbocycles. The zero-order valence-corrected chi connectivity index (χ0v) is 10.9. The van der Waals surface area contributed by atoms with Crippen LogP contribution >= 0.6 is 11.3 Å². The molecule has 1 aromatic rings. The van der Waals surface area contributed by atoms with E-state index in [2.05, 4.69) is 28.7 Å². The minimum Gasteiger partial charge on any atom is -0.317 e. The summed E-state index contributed by atoms with van der Waals surface area (Å²) in [6.07, 6.45) is 5.65. The Balaban J connectivity index is 1.95. The summed E-state index contributed by atoms with van der Waals surface area (Å²) in [5.74, 6) is 0.699. The molecule has 0 spiro atoms. The summed E-state index contributed by atoms with van der Waals surface area (Å²) < 4.78 is 0. The van der Waals surface area contributed by atoms with E-state index >= 15 is 0 Å². The highest BCUT2D eigenvalue weighted by atomic mass is 32.1. The molecule has 2 N–H and O–H groups in total. The first-order chi connectivity index (χ1) is 7.79. The molecule has 1 aliphatic rings. The summed E-state index contributed by atoms with van der Waals surface area (Å²) in [7, 11) is 2.01. The zero-order chi connectivity index (χ0) is 11.4. The van der Waals surface area contributed by atoms with E-state index < -0.39 is 0 Å². The van der Waals surface area contributed by atoms with E-state index in [0.29, 0.717) is 12.0 Å². The molecule has 2 heterocycles. The zero-order valence-electron chi connectivity index (χ0n) is 10.1. The lowest BCUT2D eigenvalue weighted by atomic mass is 9.99. The van der Waals surface area contributed by atoms with Gasteiger partial charge in [0.2, 0.25) is 0 Å². The number of likely N-dealkylation sites (N-methyl/N-ethyl adjacent to an activating group) is 1. The van der Waals surface area contributed by atoms with Gasteiger partial charge in [-0.05, 0) is 46.3 Å². The Kier molecular flexibility index (Phi) is 4.32. The van der Waals surface area contributed by atoms with Crippen molar-refractivity contribution in [3.63, 3.8) is 0 Å². The van der Waals surface area contributed by atoms with Gasteiger partial charge in [-0.15, -0.1) is 11.3 Å². The molecule has 1 atom stereocenters. The van der Waals surface area contributed by atoms with Gasteiger partial charge in [0, 0.05) is 23.0 Å². The van der Waals surface area contributed by atoms with Crippen LogP contribution in [0.15, 0.2) is 6.20 Å². The van der Waals surface area contributed by atoms with E-state index in [9.17, 15) is 0 Å². The first-order valence-electron chi connectivity index (χ1n) is 6.12. The minimum atomic E-state index is 0.543. The van der Waals surface area contributed by atoms with Gasteiger partial charge in [0.1, 0.15) is 0 Å². The smallest absolute Gasteiger partial charge is 0.0959 e. The summed E-state index contributed by atoms with van der Waals surface area (Å²) in [4.78, 5) is 6.00. The molecule has 0 saturated carbocycles. The number of rotatable bonds is 4. The van der Waals surface area contributed by atoms with Crippen molar-refractivity contribution >= 4 is 11.3 Å². The second kappa shape index (κ2) is 5.75. The van der Waals surface area contributed by atoms with Crippen LogP contribution in [0.2, 0.25) is 0 Å². The van der Waals surface area contributed by atoms with Crippen LogP contribution in [-0.4, -0.2) is 31.2 Å². The summed E-state index contributed by atoms with van der Waals surface area (Å²) in [6.45, 7) is 4.50. The van der Waals surface area contributed by atoms with Crippen molar-refractivity contribution in [1.29, 1.82) is 0 Å². The van der Waals surface area contributed by atoms with E-state index in [0.717, 1.165) is 19.5 Å². The Morgan fingerprint density at radius 3 is 3.00 bits per heavy atom. The SMILES string of the molecule is CNC(C)Cc1cnc(C2CCNCC2)s1. The van der Waals surface area contributed by atoms with Gasteiger partial charge < -0.3 is 10.6 Å². The fourth-order valence-corrected chi connectivity index (χ4v) is 3.29. The van der Waals surface area contributed by atoms with Gasteiger partial charge in [-0.1, -0.05) is 0 Å². The number of nitrogens with one attached hydrogen (secondary N) is 2. The van der Waals surface area contributed by atoms with Gasteiger partial charge in [-0.2, -0.15) is 0 Å². The molecule has 0 bridgehead atoms. The molecular formula is C12H21N3S. The van der Waals surface area contributed by atoms with Crippen LogP contribution in [0.25, 0.3) is 0 Å². The Bertz CT molecular complexity index is 318. The first-order valence-corrected chi connectivity index (χ1v) is 6.94. The van der Waals surface area contributed by atoms with Gasteiger partial charge >= 0.3 is 0 Å². The molecule has 1 fully saturated rings. The van der Waals surface area contributed by atoms with E-state index in [4.69, 9.17) is 0 Å². The van der Waals surface area contributed by atoms with Crippen molar-refractivity contribution in [2.45, 2.75) is 38.1 Å². The third kappa shape index (κ3) is 3.03. The Hall–Kier alpha value is -0.450. The van der Waals surface area contributed by atoms with Crippen LogP contribution in [0, 0.1) is 0 Å². The van der Waals surface area contributed by atoms with Crippen LogP contribution in [0.3, 0.4) is 0 Å². The second-order valence-electron chi connectivity index (χ2n) is 4.58. The molecule has 0 radical (unpaired) electrons. The number of hydrogen-bond donors (Lipinski definition) is 2. The van der Waals surface area contributed by atoms with Crippen molar-refractivity contribution in [3.8, 4) is 0 Å². The maximum Gasteiger partial charge on any atom is 0.0959 e. The third-order valence-corrected chi connectivity index (χ3v) is 4.44. The highest BCUT2D eigenvalue weighted by molar-refractivity contribution is 7.11. The number of nitrogens with zero attached hydrogens (tertiary/aromatic N) is 1. The molecule has 0 amide bonds. The average Bonchev–Trinajstić information content (AvgIpc) is 2.78. The molecule has 1 unspecified atom stereocenters. The highest BCUT2D eigenvalue weighted by Gasteiger charge is 2.18. The van der Waals surface area contributed by atoms with Gasteiger partial charge in [0.05, 0.1) is 5.01 Å². The number of piperidine rings is 1. The maximum absolute atomic E-state index is 4.59. The Labute approximate surface area is 102 Å². The Morgan fingerprint density at radius 2 is 2.31 bits per heavy atom. The van der Waals surface area contributed by atoms with Crippen molar-refractivity contribution in [2.24, 2.45) is 0 Å². The van der Waals surface area contributed by atoms with Crippen molar-refractivity contribution in [3.05, 3.63) is 16.1 Å². The quantitative estimate of drug-likeness (QED) is 0.840. The van der Waals surface area contributed by atoms with E-state index in [1.54, 1.807) is 0 Å². The number of thiazole rings is 1. The molecule has 90 valence electrons. The molecule has 2 rings (SSSR count). The number of hydrogen-bond acceptors (Lipinski definition) is 4. The van der Waals surface area contributed by atoms with E-state index in [1.165, 1.54) is 22.7 Å². The minimum absolute atomic E-state index is 0.543. The fraction of sp³-hybridized carbons (Fsp3) is 0.750. The summed E-state index contributed by atoms with van der Waals surface area (Å²) in [6, 6.07) is 0.543. The number of aromatic nitrogens is 1. The average molecular weight is 239 g/mol. The largest absolute Gasteiger partial charge is 0.317 e. The van der Waals surface area contributed by atoms with Crippen molar-refractivity contribution in [2.75, 3.05) is 20.1 Å². The van der Waals surface area contributed by atoms with E-state index in [1.807, 2.05) is 18.4 Å². The monoisotopic (exact) mass is 239 g/mol. The van der Waals surface area contributed by atoms with Crippen molar-refractivity contribution < 1.29 is 0 Å². The first kappa shape index (κ1) is 12.0. The Morgan fingerprint density at radius 1 is 1.56 bits per heavy atom. The van der Waals surface area contributed by atoms with E-state index in [-0.39, 0.29) is 0 Å². The topological polar surface area (TPSA) is 37.0 Å². The summed E-state index contributed by atoms with van der Waals surface area (Å²) >= 11 is 1.90. The molecule has 16 heavy (non-hydrogen) atoms. The predicted molar refractivity (Wildman–Crippen MR) is 69.2 cm³/mol. The van der Waals surface area contributed by atoms with Gasteiger partial charge in [-0.3, -0.25) is 0 Å². The molecule has 3 nitrogen and oxygen atoms in total. The maximum atomic E-state index is 4.59. The molecule has 4 heteroatoms. The fourth-order valence-electron chi connectivity index (χ4n) is 2.08. The van der Waals surface area contributed by atoms with Crippen LogP contribution in [0.5, 0.6) is 0 Å². The third-order valence-electron chi connectivity index (χ3n) is 3.26. The lowest BCUT2D eigenvalue weighted by molar-refractivity contribution is 0.459. The van der Waals surface area contributed by atoms with Crippen LogP contribution in [-0.2, 0) is 6.42 Å². The van der Waals surface area contributed by atoms with Gasteiger partial charge in [0.15, 0.2) is 0 Å². The molecule has 1 aliphatic heterocycles. The molecule has 1 aromatic heterocycles. The standard InChI is InChI=1S/C12H21N3S/c1-9(13-2)7-11-8-15-12(16-11)10-3-5-14-6-4-10/h8-10,13-14H,3-7H2,1-2H3. The lowest BCUT2D eigenvalue weighted by Crippen LogP contribution is -2.26. The molecule has 1 saturated heterocycles. The highest BCUT2D eigenvalue weighted by Crippen LogP contribution is 2.29. The van der Waals surface area contributed by atoms with Gasteiger partial charge in [-0.25, -0.2) is 4.98 Å². The summed E-state index contributed by atoms with van der Waals surface area (Å²) in [5.41, 5.74) is 0. The van der Waals surface area contributed by atoms with Crippen LogP contribution in [0.1, 0.15) is 35.6 Å². The van der Waals surface area contributed by atoms with Crippen molar-refractivity contribution in [1.82, 2.24) is 15.6 Å². The summed E-state index contributed by atoms with van der Waals surface area (Å²) in [5, 5.41) is 8.02. The predicted octanol–water partition coefficient (Wildman–Crippen LogP) is 1.76. The normalized spacial score (nSPS) is 19.9. The van der Waals surface area contributed by atoms with Crippen LogP contribution < -0.4 is 10.6 Å². The second-order valence-corrected chi connectivity index (χ2v) is 5.73. The molecular weight excluding hydrogens is 218 g/mol. The lowest BCUT2D eigenvalue weighted by Gasteiger charge is -2.20. The van der Waals surface area contributed by atoms with Crippen LogP contribution in [0.4, 0.5) is 0 Å². The van der Waals surface area contributed by atoms with Gasteiger partial charge in [0.25, 0.3) is 0 Å².